The maximum Gasteiger partial charge on any atom is 0.224 e. The number of rotatable bonds is 5. The lowest BCUT2D eigenvalue weighted by molar-refractivity contribution is -0.120. The van der Waals surface area contributed by atoms with E-state index in [4.69, 9.17) is 16.0 Å². The van der Waals surface area contributed by atoms with Gasteiger partial charge in [0, 0.05) is 18.5 Å². The lowest BCUT2D eigenvalue weighted by atomic mass is 10.1. The van der Waals surface area contributed by atoms with Gasteiger partial charge >= 0.3 is 0 Å². The van der Waals surface area contributed by atoms with Gasteiger partial charge < -0.3 is 9.73 Å². The van der Waals surface area contributed by atoms with Gasteiger partial charge in [-0.05, 0) is 41.8 Å². The predicted molar refractivity (Wildman–Crippen MR) is 90.6 cm³/mol. The molecule has 1 N–H and O–H groups in total. The van der Waals surface area contributed by atoms with Gasteiger partial charge in [0.25, 0.3) is 0 Å². The molecule has 3 rings (SSSR count). The summed E-state index contributed by atoms with van der Waals surface area (Å²) in [6.45, 7) is 2.39. The van der Waals surface area contributed by atoms with Crippen molar-refractivity contribution in [1.82, 2.24) is 10.3 Å². The largest absolute Gasteiger partial charge is 0.441 e. The molecule has 0 saturated carbocycles. The van der Waals surface area contributed by atoms with E-state index in [1.807, 2.05) is 49.4 Å². The number of nitrogens with one attached hydrogen (secondary N) is 1. The van der Waals surface area contributed by atoms with Crippen LogP contribution in [0.2, 0.25) is 5.02 Å². The van der Waals surface area contributed by atoms with E-state index in [1.54, 1.807) is 0 Å². The van der Waals surface area contributed by atoms with Crippen molar-refractivity contribution < 1.29 is 9.21 Å². The fourth-order valence-electron chi connectivity index (χ4n) is 2.48. The number of hydrogen-bond acceptors (Lipinski definition) is 3. The van der Waals surface area contributed by atoms with Crippen LogP contribution in [-0.4, -0.2) is 17.4 Å². The minimum atomic E-state index is -0.0115. The Labute approximate surface area is 139 Å². The maximum absolute atomic E-state index is 12.0. The van der Waals surface area contributed by atoms with Crippen LogP contribution in [0.25, 0.3) is 11.1 Å². The summed E-state index contributed by atoms with van der Waals surface area (Å²) in [4.78, 5) is 16.3. The van der Waals surface area contributed by atoms with Gasteiger partial charge in [0.1, 0.15) is 5.52 Å². The molecule has 0 saturated heterocycles. The molecule has 0 spiro atoms. The summed E-state index contributed by atoms with van der Waals surface area (Å²) in [5.41, 5.74) is 3.55. The van der Waals surface area contributed by atoms with Crippen molar-refractivity contribution in [2.24, 2.45) is 0 Å². The standard InChI is InChI=1S/C18H17ClN2O2/c1-12-21-16-6-5-14(10-17(16)23-12)11-18(22)20-8-7-13-3-2-4-15(19)9-13/h2-6,9-10H,7-8,11H2,1H3,(H,20,22). The third-order valence-electron chi connectivity index (χ3n) is 3.55. The lowest BCUT2D eigenvalue weighted by Crippen LogP contribution is -2.27. The summed E-state index contributed by atoms with van der Waals surface area (Å²) < 4.78 is 5.48. The van der Waals surface area contributed by atoms with Gasteiger partial charge in [-0.2, -0.15) is 0 Å². The van der Waals surface area contributed by atoms with Crippen LogP contribution in [-0.2, 0) is 17.6 Å². The van der Waals surface area contributed by atoms with Crippen molar-refractivity contribution in [1.29, 1.82) is 0 Å². The first-order valence-electron chi connectivity index (χ1n) is 7.47. The second-order valence-electron chi connectivity index (χ2n) is 5.44. The third kappa shape index (κ3) is 4.11. The van der Waals surface area contributed by atoms with Crippen LogP contribution >= 0.6 is 11.6 Å². The number of carbonyl (C=O) groups is 1. The Bertz CT molecular complexity index is 842. The topological polar surface area (TPSA) is 55.1 Å². The van der Waals surface area contributed by atoms with Crippen LogP contribution in [0.5, 0.6) is 0 Å². The van der Waals surface area contributed by atoms with E-state index in [1.165, 1.54) is 0 Å². The average molecular weight is 329 g/mol. The average Bonchev–Trinajstić information content (AvgIpc) is 2.86. The Morgan fingerprint density at radius 1 is 1.22 bits per heavy atom. The summed E-state index contributed by atoms with van der Waals surface area (Å²) in [6, 6.07) is 13.3. The van der Waals surface area contributed by atoms with E-state index >= 15 is 0 Å². The number of fused-ring (bicyclic) bond motifs is 1. The van der Waals surface area contributed by atoms with Gasteiger partial charge in [-0.25, -0.2) is 4.98 Å². The molecule has 5 heteroatoms. The van der Waals surface area contributed by atoms with Crippen LogP contribution in [0.3, 0.4) is 0 Å². The molecule has 0 unspecified atom stereocenters. The normalized spacial score (nSPS) is 10.9. The molecule has 0 radical (unpaired) electrons. The van der Waals surface area contributed by atoms with E-state index in [0.717, 1.165) is 23.1 Å². The molecule has 1 heterocycles. The summed E-state index contributed by atoms with van der Waals surface area (Å²) in [5.74, 6) is 0.616. The Morgan fingerprint density at radius 2 is 2.09 bits per heavy atom. The van der Waals surface area contributed by atoms with E-state index < -0.39 is 0 Å². The molecule has 3 aromatic rings. The highest BCUT2D eigenvalue weighted by molar-refractivity contribution is 6.30. The second-order valence-corrected chi connectivity index (χ2v) is 5.88. The van der Waals surface area contributed by atoms with Gasteiger partial charge in [0.2, 0.25) is 5.91 Å². The smallest absolute Gasteiger partial charge is 0.224 e. The van der Waals surface area contributed by atoms with Gasteiger partial charge in [0.15, 0.2) is 11.5 Å². The van der Waals surface area contributed by atoms with Crippen molar-refractivity contribution in [2.75, 3.05) is 6.54 Å². The monoisotopic (exact) mass is 328 g/mol. The Morgan fingerprint density at radius 3 is 2.91 bits per heavy atom. The van der Waals surface area contributed by atoms with Crippen molar-refractivity contribution >= 4 is 28.6 Å². The van der Waals surface area contributed by atoms with Gasteiger partial charge in [-0.1, -0.05) is 29.8 Å². The van der Waals surface area contributed by atoms with E-state index in [-0.39, 0.29) is 5.91 Å². The molecule has 118 valence electrons. The number of amides is 1. The third-order valence-corrected chi connectivity index (χ3v) is 3.78. The first-order chi connectivity index (χ1) is 11.1. The summed E-state index contributed by atoms with van der Waals surface area (Å²) in [7, 11) is 0. The molecule has 0 aliphatic carbocycles. The maximum atomic E-state index is 12.0. The Hall–Kier alpha value is -2.33. The zero-order valence-electron chi connectivity index (χ0n) is 12.8. The van der Waals surface area contributed by atoms with Gasteiger partial charge in [-0.15, -0.1) is 0 Å². The number of halogens is 1. The molecular weight excluding hydrogens is 312 g/mol. The first-order valence-corrected chi connectivity index (χ1v) is 7.85. The number of benzene rings is 2. The quantitative estimate of drug-likeness (QED) is 0.777. The number of oxazole rings is 1. The molecule has 0 fully saturated rings. The fraction of sp³-hybridized carbons (Fsp3) is 0.222. The van der Waals surface area contributed by atoms with Crippen LogP contribution < -0.4 is 5.32 Å². The van der Waals surface area contributed by atoms with E-state index in [9.17, 15) is 4.79 Å². The number of carbonyl (C=O) groups excluding carboxylic acids is 1. The molecule has 23 heavy (non-hydrogen) atoms. The zero-order valence-corrected chi connectivity index (χ0v) is 13.6. The molecule has 0 bridgehead atoms. The highest BCUT2D eigenvalue weighted by atomic mass is 35.5. The number of nitrogens with zero attached hydrogens (tertiary/aromatic N) is 1. The van der Waals surface area contributed by atoms with Crippen molar-refractivity contribution in [3.63, 3.8) is 0 Å². The molecule has 0 aliphatic heterocycles. The number of aromatic nitrogens is 1. The zero-order chi connectivity index (χ0) is 16.2. The van der Waals surface area contributed by atoms with Crippen LogP contribution in [0.1, 0.15) is 17.0 Å². The van der Waals surface area contributed by atoms with Crippen LogP contribution in [0.15, 0.2) is 46.9 Å². The molecule has 1 amide bonds. The van der Waals surface area contributed by atoms with Crippen LogP contribution in [0, 0.1) is 6.92 Å². The Balaban J connectivity index is 1.53. The first kappa shape index (κ1) is 15.6. The molecular formula is C18H17ClN2O2. The number of aryl methyl sites for hydroxylation is 1. The summed E-state index contributed by atoms with van der Waals surface area (Å²) in [6.07, 6.45) is 1.08. The molecule has 0 aliphatic rings. The van der Waals surface area contributed by atoms with Crippen molar-refractivity contribution in [2.45, 2.75) is 19.8 Å². The lowest BCUT2D eigenvalue weighted by Gasteiger charge is -2.06. The minimum Gasteiger partial charge on any atom is -0.441 e. The predicted octanol–water partition coefficient (Wildman–Crippen LogP) is 3.69. The molecule has 4 nitrogen and oxygen atoms in total. The number of hydrogen-bond donors (Lipinski definition) is 1. The minimum absolute atomic E-state index is 0.0115. The summed E-state index contributed by atoms with van der Waals surface area (Å²) in [5, 5.41) is 3.64. The van der Waals surface area contributed by atoms with E-state index in [0.29, 0.717) is 29.5 Å². The molecule has 1 aromatic heterocycles. The van der Waals surface area contributed by atoms with Crippen LogP contribution in [0.4, 0.5) is 0 Å². The van der Waals surface area contributed by atoms with Gasteiger partial charge in [-0.3, -0.25) is 4.79 Å². The second kappa shape index (κ2) is 6.84. The summed E-state index contributed by atoms with van der Waals surface area (Å²) >= 11 is 5.94. The highest BCUT2D eigenvalue weighted by Crippen LogP contribution is 2.17. The van der Waals surface area contributed by atoms with E-state index in [2.05, 4.69) is 10.3 Å². The molecule has 0 atom stereocenters. The van der Waals surface area contributed by atoms with Crippen molar-refractivity contribution in [3.8, 4) is 0 Å². The Kier molecular flexibility index (Phi) is 4.63. The molecule has 2 aromatic carbocycles. The fourth-order valence-corrected chi connectivity index (χ4v) is 2.69. The highest BCUT2D eigenvalue weighted by Gasteiger charge is 2.07. The van der Waals surface area contributed by atoms with Crippen molar-refractivity contribution in [3.05, 3.63) is 64.5 Å². The SMILES string of the molecule is Cc1nc2ccc(CC(=O)NCCc3cccc(Cl)c3)cc2o1. The van der Waals surface area contributed by atoms with Gasteiger partial charge in [0.05, 0.1) is 6.42 Å².